The molecule has 0 saturated heterocycles. The second kappa shape index (κ2) is 9.33. The van der Waals surface area contributed by atoms with E-state index in [1.165, 1.54) is 18.2 Å². The second-order valence-corrected chi connectivity index (χ2v) is 6.97. The van der Waals surface area contributed by atoms with Crippen LogP contribution in [-0.2, 0) is 0 Å². The number of benzene rings is 1. The first kappa shape index (κ1) is 20.7. The maximum Gasteiger partial charge on any atom is 0.135 e. The highest BCUT2D eigenvalue weighted by Crippen LogP contribution is 2.36. The monoisotopic (exact) mass is 372 g/mol. The van der Waals surface area contributed by atoms with Gasteiger partial charge in [-0.1, -0.05) is 18.2 Å². The maximum absolute atomic E-state index is 14.0. The maximum atomic E-state index is 14.0. The molecule has 2 rings (SSSR count). The molecule has 0 bridgehead atoms. The lowest BCUT2D eigenvalue weighted by atomic mass is 9.77. The van der Waals surface area contributed by atoms with Gasteiger partial charge in [0.1, 0.15) is 11.6 Å². The lowest BCUT2D eigenvalue weighted by Gasteiger charge is -2.32. The van der Waals surface area contributed by atoms with E-state index in [1.807, 2.05) is 6.92 Å². The van der Waals surface area contributed by atoms with E-state index in [0.717, 1.165) is 17.6 Å². The van der Waals surface area contributed by atoms with Gasteiger partial charge >= 0.3 is 0 Å². The Morgan fingerprint density at radius 3 is 2.67 bits per heavy atom. The van der Waals surface area contributed by atoms with Crippen LogP contribution < -0.4 is 16.8 Å². The standard InChI is InChI=1S/C21H26F2N4/c1-13(2)14-9-15(21(26)16(10-14)12-27-8-4-7-24)11-19(25)20-17(22)5-3-6-18(20)23/h3,5-6,11,14,16,27H,1,4,8-10,12,25-26H2,2H3/b19-11-. The first-order valence-electron chi connectivity index (χ1n) is 8.98. The van der Waals surface area contributed by atoms with Crippen molar-refractivity contribution in [2.45, 2.75) is 26.2 Å². The Morgan fingerprint density at radius 1 is 1.41 bits per heavy atom. The Labute approximate surface area is 159 Å². The third kappa shape index (κ3) is 5.18. The fourth-order valence-corrected chi connectivity index (χ4v) is 3.36. The van der Waals surface area contributed by atoms with Crippen molar-refractivity contribution in [2.75, 3.05) is 13.1 Å². The molecule has 144 valence electrons. The number of hydrogen-bond acceptors (Lipinski definition) is 4. The highest BCUT2D eigenvalue weighted by molar-refractivity contribution is 5.67. The van der Waals surface area contributed by atoms with Gasteiger partial charge in [0, 0.05) is 36.8 Å². The van der Waals surface area contributed by atoms with Crippen molar-refractivity contribution in [3.05, 3.63) is 64.9 Å². The van der Waals surface area contributed by atoms with Crippen LogP contribution in [0.2, 0.25) is 0 Å². The van der Waals surface area contributed by atoms with Gasteiger partial charge in [-0.3, -0.25) is 0 Å². The Hall–Kier alpha value is -2.65. The summed E-state index contributed by atoms with van der Waals surface area (Å²) in [7, 11) is 0. The van der Waals surface area contributed by atoms with Crippen LogP contribution in [0, 0.1) is 34.8 Å². The Kier molecular flexibility index (Phi) is 7.14. The molecule has 2 atom stereocenters. The number of hydrogen-bond donors (Lipinski definition) is 3. The van der Waals surface area contributed by atoms with Gasteiger partial charge in [0.2, 0.25) is 0 Å². The SMILES string of the molecule is C=C(C)C1CC(/C=C(\N)c2c(F)cccc2F)=C(N)C(CNCCC#N)C1. The summed E-state index contributed by atoms with van der Waals surface area (Å²) in [5.41, 5.74) is 14.6. The molecule has 0 amide bonds. The number of nitriles is 1. The number of allylic oxidation sites excluding steroid dienone is 3. The van der Waals surface area contributed by atoms with Gasteiger partial charge in [-0.15, -0.1) is 0 Å². The van der Waals surface area contributed by atoms with Crippen molar-refractivity contribution < 1.29 is 8.78 Å². The van der Waals surface area contributed by atoms with E-state index in [4.69, 9.17) is 16.7 Å². The predicted molar refractivity (Wildman–Crippen MR) is 104 cm³/mol. The van der Waals surface area contributed by atoms with E-state index in [2.05, 4.69) is 18.0 Å². The number of rotatable bonds is 7. The largest absolute Gasteiger partial charge is 0.402 e. The summed E-state index contributed by atoms with van der Waals surface area (Å²) < 4.78 is 28.0. The van der Waals surface area contributed by atoms with Gasteiger partial charge < -0.3 is 16.8 Å². The van der Waals surface area contributed by atoms with Crippen molar-refractivity contribution in [2.24, 2.45) is 23.3 Å². The normalized spacial score (nSPS) is 20.4. The predicted octanol–water partition coefficient (Wildman–Crippen LogP) is 3.58. The van der Waals surface area contributed by atoms with Crippen molar-refractivity contribution >= 4 is 5.70 Å². The van der Waals surface area contributed by atoms with Crippen LogP contribution in [0.15, 0.2) is 47.7 Å². The number of halogens is 2. The minimum absolute atomic E-state index is 0.0158. The molecule has 0 aromatic heterocycles. The van der Waals surface area contributed by atoms with E-state index >= 15 is 0 Å². The minimum atomic E-state index is -0.704. The van der Waals surface area contributed by atoms with E-state index in [0.29, 0.717) is 31.6 Å². The molecule has 1 aromatic rings. The zero-order valence-corrected chi connectivity index (χ0v) is 15.6. The fourth-order valence-electron chi connectivity index (χ4n) is 3.36. The van der Waals surface area contributed by atoms with Gasteiger partial charge in [0.25, 0.3) is 0 Å². The molecule has 2 unspecified atom stereocenters. The van der Waals surface area contributed by atoms with Crippen molar-refractivity contribution in [1.82, 2.24) is 5.32 Å². The molecule has 5 N–H and O–H groups in total. The molecule has 0 spiro atoms. The van der Waals surface area contributed by atoms with Crippen LogP contribution >= 0.6 is 0 Å². The third-order valence-corrected chi connectivity index (χ3v) is 4.93. The molecule has 6 heteroatoms. The van der Waals surface area contributed by atoms with Gasteiger partial charge in [0.05, 0.1) is 11.6 Å². The smallest absolute Gasteiger partial charge is 0.135 e. The number of nitrogens with one attached hydrogen (secondary N) is 1. The molecule has 0 heterocycles. The van der Waals surface area contributed by atoms with E-state index in [1.54, 1.807) is 6.08 Å². The molecule has 1 aromatic carbocycles. The van der Waals surface area contributed by atoms with Crippen molar-refractivity contribution in [3.8, 4) is 6.07 Å². The summed E-state index contributed by atoms with van der Waals surface area (Å²) in [6.07, 6.45) is 3.47. The molecular weight excluding hydrogens is 346 g/mol. The summed E-state index contributed by atoms with van der Waals surface area (Å²) in [5.74, 6) is -1.15. The summed E-state index contributed by atoms with van der Waals surface area (Å²) in [6, 6.07) is 5.75. The topological polar surface area (TPSA) is 87.9 Å². The van der Waals surface area contributed by atoms with Crippen molar-refractivity contribution in [3.63, 3.8) is 0 Å². The number of nitrogens with two attached hydrogens (primary N) is 2. The zero-order valence-electron chi connectivity index (χ0n) is 15.6. The van der Waals surface area contributed by atoms with E-state index in [-0.39, 0.29) is 23.1 Å². The van der Waals surface area contributed by atoms with Crippen molar-refractivity contribution in [1.29, 1.82) is 5.26 Å². The Balaban J connectivity index is 2.32. The molecule has 0 fully saturated rings. The van der Waals surface area contributed by atoms with Crippen LogP contribution in [0.1, 0.15) is 31.7 Å². The molecule has 0 radical (unpaired) electrons. The summed E-state index contributed by atoms with van der Waals surface area (Å²) in [4.78, 5) is 0. The summed E-state index contributed by atoms with van der Waals surface area (Å²) >= 11 is 0. The minimum Gasteiger partial charge on any atom is -0.402 e. The molecule has 1 aliphatic carbocycles. The first-order valence-corrected chi connectivity index (χ1v) is 8.98. The van der Waals surface area contributed by atoms with E-state index < -0.39 is 11.6 Å². The summed E-state index contributed by atoms with van der Waals surface area (Å²) in [5, 5.41) is 11.9. The second-order valence-electron chi connectivity index (χ2n) is 6.97. The molecule has 4 nitrogen and oxygen atoms in total. The average molecular weight is 372 g/mol. The zero-order chi connectivity index (χ0) is 20.0. The number of nitrogens with zero attached hydrogens (tertiary/aromatic N) is 1. The molecule has 27 heavy (non-hydrogen) atoms. The average Bonchev–Trinajstić information content (AvgIpc) is 2.61. The van der Waals surface area contributed by atoms with E-state index in [9.17, 15) is 8.78 Å². The van der Waals surface area contributed by atoms with Gasteiger partial charge in [0.15, 0.2) is 0 Å². The first-order chi connectivity index (χ1) is 12.8. The molecule has 1 aliphatic rings. The van der Waals surface area contributed by atoms with Crippen LogP contribution in [-0.4, -0.2) is 13.1 Å². The van der Waals surface area contributed by atoms with Crippen LogP contribution in [0.25, 0.3) is 5.70 Å². The highest BCUT2D eigenvalue weighted by Gasteiger charge is 2.27. The third-order valence-electron chi connectivity index (χ3n) is 4.93. The Morgan fingerprint density at radius 2 is 2.07 bits per heavy atom. The lowest BCUT2D eigenvalue weighted by Crippen LogP contribution is -2.33. The molecule has 0 aliphatic heterocycles. The fraction of sp³-hybridized carbons (Fsp3) is 0.381. The van der Waals surface area contributed by atoms with Crippen LogP contribution in [0.3, 0.4) is 0 Å². The van der Waals surface area contributed by atoms with Gasteiger partial charge in [-0.05, 0) is 49.5 Å². The van der Waals surface area contributed by atoms with Crippen LogP contribution in [0.5, 0.6) is 0 Å². The van der Waals surface area contributed by atoms with Gasteiger partial charge in [-0.2, -0.15) is 5.26 Å². The molecular formula is C21H26F2N4. The lowest BCUT2D eigenvalue weighted by molar-refractivity contribution is 0.395. The van der Waals surface area contributed by atoms with Crippen LogP contribution in [0.4, 0.5) is 8.78 Å². The quantitative estimate of drug-likeness (QED) is 0.504. The Bertz CT molecular complexity index is 785. The highest BCUT2D eigenvalue weighted by atomic mass is 19.1. The summed E-state index contributed by atoms with van der Waals surface area (Å²) in [6.45, 7) is 7.23. The van der Waals surface area contributed by atoms with Gasteiger partial charge in [-0.25, -0.2) is 8.78 Å². The molecule has 0 saturated carbocycles.